The summed E-state index contributed by atoms with van der Waals surface area (Å²) in [6.45, 7) is 2.35. The van der Waals surface area contributed by atoms with Crippen LogP contribution in [-0.2, 0) is 10.0 Å². The molecule has 1 aromatic rings. The van der Waals surface area contributed by atoms with Crippen molar-refractivity contribution in [2.45, 2.75) is 18.2 Å². The van der Waals surface area contributed by atoms with E-state index in [4.69, 9.17) is 5.73 Å². The third kappa shape index (κ3) is 2.45. The maximum absolute atomic E-state index is 12.0. The summed E-state index contributed by atoms with van der Waals surface area (Å²) in [7, 11) is -1.98. The standard InChI is InChI=1S/C10H16N2O3S/c1-3-6-12(2)16(14,15)8-4-5-10(13)9(11)7-8/h4-5,7,13H,3,6,11H2,1-2H3. The number of benzene rings is 1. The van der Waals surface area contributed by atoms with Gasteiger partial charge in [-0.25, -0.2) is 12.7 Å². The van der Waals surface area contributed by atoms with Crippen LogP contribution in [0, 0.1) is 0 Å². The van der Waals surface area contributed by atoms with E-state index in [1.807, 2.05) is 6.92 Å². The number of aromatic hydroxyl groups is 1. The summed E-state index contributed by atoms with van der Waals surface area (Å²) in [6.07, 6.45) is 0.739. The molecular weight excluding hydrogens is 228 g/mol. The van der Waals surface area contributed by atoms with Gasteiger partial charge in [-0.2, -0.15) is 0 Å². The number of nitrogens with zero attached hydrogens (tertiary/aromatic N) is 1. The van der Waals surface area contributed by atoms with Crippen LogP contribution in [0.2, 0.25) is 0 Å². The molecule has 0 atom stereocenters. The Bertz CT molecular complexity index is 471. The predicted octanol–water partition coefficient (Wildman–Crippen LogP) is 1.00. The molecule has 0 aliphatic carbocycles. The molecule has 3 N–H and O–H groups in total. The van der Waals surface area contributed by atoms with E-state index >= 15 is 0 Å². The number of phenolic OH excluding ortho intramolecular Hbond substituents is 1. The molecule has 0 saturated heterocycles. The molecule has 1 aromatic carbocycles. The Labute approximate surface area is 95.5 Å². The summed E-state index contributed by atoms with van der Waals surface area (Å²) in [5, 5.41) is 9.22. The van der Waals surface area contributed by atoms with Gasteiger partial charge in [0.2, 0.25) is 10.0 Å². The lowest BCUT2D eigenvalue weighted by Crippen LogP contribution is -2.27. The molecule has 16 heavy (non-hydrogen) atoms. The van der Waals surface area contributed by atoms with Crippen molar-refractivity contribution >= 4 is 15.7 Å². The average Bonchev–Trinajstić information content (AvgIpc) is 2.22. The smallest absolute Gasteiger partial charge is 0.242 e. The SMILES string of the molecule is CCCN(C)S(=O)(=O)c1ccc(O)c(N)c1. The second-order valence-electron chi connectivity index (χ2n) is 3.55. The van der Waals surface area contributed by atoms with Crippen LogP contribution in [-0.4, -0.2) is 31.4 Å². The number of phenols is 1. The first-order valence-electron chi connectivity index (χ1n) is 4.94. The molecule has 0 radical (unpaired) electrons. The minimum Gasteiger partial charge on any atom is -0.506 e. The molecule has 1 rings (SSSR count). The minimum absolute atomic E-state index is 0.0611. The van der Waals surface area contributed by atoms with E-state index < -0.39 is 10.0 Å². The number of nitrogen functional groups attached to an aromatic ring is 1. The van der Waals surface area contributed by atoms with Crippen molar-refractivity contribution < 1.29 is 13.5 Å². The van der Waals surface area contributed by atoms with Crippen LogP contribution in [0.5, 0.6) is 5.75 Å². The summed E-state index contributed by atoms with van der Waals surface area (Å²) in [6, 6.07) is 3.88. The van der Waals surface area contributed by atoms with E-state index in [1.165, 1.54) is 29.6 Å². The van der Waals surface area contributed by atoms with E-state index in [1.54, 1.807) is 0 Å². The van der Waals surface area contributed by atoms with Gasteiger partial charge in [-0.05, 0) is 24.6 Å². The molecule has 90 valence electrons. The molecule has 6 heteroatoms. The topological polar surface area (TPSA) is 83.6 Å². The van der Waals surface area contributed by atoms with Gasteiger partial charge in [-0.3, -0.25) is 0 Å². The highest BCUT2D eigenvalue weighted by molar-refractivity contribution is 7.89. The zero-order chi connectivity index (χ0) is 12.3. The lowest BCUT2D eigenvalue weighted by molar-refractivity contribution is 0.467. The monoisotopic (exact) mass is 244 g/mol. The van der Waals surface area contributed by atoms with Gasteiger partial charge >= 0.3 is 0 Å². The van der Waals surface area contributed by atoms with Crippen LogP contribution in [0.15, 0.2) is 23.1 Å². The largest absolute Gasteiger partial charge is 0.506 e. The average molecular weight is 244 g/mol. The lowest BCUT2D eigenvalue weighted by atomic mass is 10.3. The second-order valence-corrected chi connectivity index (χ2v) is 5.59. The maximum Gasteiger partial charge on any atom is 0.242 e. The van der Waals surface area contributed by atoms with Crippen LogP contribution in [0.3, 0.4) is 0 Å². The highest BCUT2D eigenvalue weighted by atomic mass is 32.2. The van der Waals surface area contributed by atoms with E-state index in [9.17, 15) is 13.5 Å². The molecule has 0 unspecified atom stereocenters. The van der Waals surface area contributed by atoms with Gasteiger partial charge in [0.05, 0.1) is 10.6 Å². The molecule has 0 aliphatic heterocycles. The van der Waals surface area contributed by atoms with Crippen LogP contribution in [0.4, 0.5) is 5.69 Å². The zero-order valence-corrected chi connectivity index (χ0v) is 10.2. The summed E-state index contributed by atoms with van der Waals surface area (Å²) in [5.41, 5.74) is 5.52. The van der Waals surface area contributed by atoms with Crippen LogP contribution in [0.1, 0.15) is 13.3 Å². The molecule has 0 bridgehead atoms. The summed E-state index contributed by atoms with van der Waals surface area (Å²) < 4.78 is 25.2. The molecule has 0 saturated carbocycles. The van der Waals surface area contributed by atoms with Crippen molar-refractivity contribution in [1.82, 2.24) is 4.31 Å². The number of hydrogen-bond donors (Lipinski definition) is 2. The van der Waals surface area contributed by atoms with Gasteiger partial charge in [0.15, 0.2) is 0 Å². The molecule has 0 fully saturated rings. The number of sulfonamides is 1. The Morgan fingerprint density at radius 3 is 2.56 bits per heavy atom. The van der Waals surface area contributed by atoms with Gasteiger partial charge < -0.3 is 10.8 Å². The molecule has 0 aromatic heterocycles. The first-order chi connectivity index (χ1) is 7.39. The van der Waals surface area contributed by atoms with Crippen LogP contribution < -0.4 is 5.73 Å². The zero-order valence-electron chi connectivity index (χ0n) is 9.34. The fourth-order valence-electron chi connectivity index (χ4n) is 1.31. The Kier molecular flexibility index (Phi) is 3.77. The quantitative estimate of drug-likeness (QED) is 0.611. The van der Waals surface area contributed by atoms with E-state index in [0.717, 1.165) is 6.42 Å². The van der Waals surface area contributed by atoms with E-state index in [0.29, 0.717) is 6.54 Å². The summed E-state index contributed by atoms with van der Waals surface area (Å²) >= 11 is 0. The first-order valence-corrected chi connectivity index (χ1v) is 6.38. The van der Waals surface area contributed by atoms with Gasteiger partial charge in [0.1, 0.15) is 5.75 Å². The van der Waals surface area contributed by atoms with Gasteiger partial charge in [0, 0.05) is 13.6 Å². The van der Waals surface area contributed by atoms with E-state index in [2.05, 4.69) is 0 Å². The molecular formula is C10H16N2O3S. The Morgan fingerprint density at radius 2 is 2.06 bits per heavy atom. The number of rotatable bonds is 4. The highest BCUT2D eigenvalue weighted by Crippen LogP contribution is 2.24. The van der Waals surface area contributed by atoms with Crippen molar-refractivity contribution in [3.63, 3.8) is 0 Å². The fourth-order valence-corrected chi connectivity index (χ4v) is 2.61. The predicted molar refractivity (Wildman–Crippen MR) is 62.6 cm³/mol. The van der Waals surface area contributed by atoms with Crippen molar-refractivity contribution in [3.8, 4) is 5.75 Å². The highest BCUT2D eigenvalue weighted by Gasteiger charge is 2.20. The Hall–Kier alpha value is -1.27. The third-order valence-electron chi connectivity index (χ3n) is 2.25. The number of anilines is 1. The molecule has 0 heterocycles. The van der Waals surface area contributed by atoms with Crippen molar-refractivity contribution in [2.24, 2.45) is 0 Å². The molecule has 5 nitrogen and oxygen atoms in total. The number of hydrogen-bond acceptors (Lipinski definition) is 4. The lowest BCUT2D eigenvalue weighted by Gasteiger charge is -2.16. The van der Waals surface area contributed by atoms with Crippen LogP contribution in [0.25, 0.3) is 0 Å². The summed E-state index contributed by atoms with van der Waals surface area (Å²) in [5.74, 6) is -0.114. The molecule has 0 amide bonds. The first kappa shape index (κ1) is 12.8. The van der Waals surface area contributed by atoms with E-state index in [-0.39, 0.29) is 16.3 Å². The van der Waals surface area contributed by atoms with Crippen molar-refractivity contribution in [1.29, 1.82) is 0 Å². The van der Waals surface area contributed by atoms with Gasteiger partial charge in [-0.1, -0.05) is 6.92 Å². The fraction of sp³-hybridized carbons (Fsp3) is 0.400. The molecule has 0 aliphatic rings. The van der Waals surface area contributed by atoms with Crippen LogP contribution >= 0.6 is 0 Å². The summed E-state index contributed by atoms with van der Waals surface area (Å²) in [4.78, 5) is 0.0961. The normalized spacial score (nSPS) is 11.9. The Morgan fingerprint density at radius 1 is 1.44 bits per heavy atom. The Balaban J connectivity index is 3.12. The third-order valence-corrected chi connectivity index (χ3v) is 4.10. The number of nitrogens with two attached hydrogens (primary N) is 1. The van der Waals surface area contributed by atoms with Gasteiger partial charge in [-0.15, -0.1) is 0 Å². The second kappa shape index (κ2) is 4.71. The maximum atomic E-state index is 12.0. The van der Waals surface area contributed by atoms with Crippen molar-refractivity contribution in [2.75, 3.05) is 19.3 Å². The minimum atomic E-state index is -3.50. The molecule has 0 spiro atoms. The van der Waals surface area contributed by atoms with Gasteiger partial charge in [0.25, 0.3) is 0 Å². The van der Waals surface area contributed by atoms with Crippen molar-refractivity contribution in [3.05, 3.63) is 18.2 Å².